The second-order valence-electron chi connectivity index (χ2n) is 8.81. The molecule has 0 radical (unpaired) electrons. The maximum Gasteiger partial charge on any atom is 0.416 e. The van der Waals surface area contributed by atoms with Gasteiger partial charge in [0.2, 0.25) is 0 Å². The van der Waals surface area contributed by atoms with Gasteiger partial charge in [-0.05, 0) is 55.2 Å². The number of ether oxygens (including phenoxy) is 1. The smallest absolute Gasteiger partial charge is 0.416 e. The molecule has 0 bridgehead atoms. The van der Waals surface area contributed by atoms with E-state index >= 15 is 0 Å². The molecule has 188 valence electrons. The highest BCUT2D eigenvalue weighted by atomic mass is 19.4. The van der Waals surface area contributed by atoms with Crippen molar-refractivity contribution in [3.05, 3.63) is 59.7 Å². The van der Waals surface area contributed by atoms with Crippen LogP contribution in [0.2, 0.25) is 0 Å². The molecule has 1 atom stereocenters. The van der Waals surface area contributed by atoms with Gasteiger partial charge in [0.25, 0.3) is 0 Å². The molecular weight excluding hydrogens is 461 g/mol. The number of urea groups is 2. The zero-order valence-electron chi connectivity index (χ0n) is 19.5. The van der Waals surface area contributed by atoms with E-state index in [9.17, 15) is 22.8 Å². The van der Waals surface area contributed by atoms with Gasteiger partial charge in [-0.25, -0.2) is 14.5 Å². The normalized spacial score (nSPS) is 19.5. The third-order valence-corrected chi connectivity index (χ3v) is 6.48. The number of carbonyl (C=O) groups is 2. The summed E-state index contributed by atoms with van der Waals surface area (Å²) in [5.74, 6) is 0.711. The van der Waals surface area contributed by atoms with E-state index in [0.717, 1.165) is 49.8 Å². The highest BCUT2D eigenvalue weighted by molar-refractivity contribution is 5.96. The van der Waals surface area contributed by atoms with Gasteiger partial charge in [-0.3, -0.25) is 10.2 Å². The summed E-state index contributed by atoms with van der Waals surface area (Å²) in [5.41, 5.74) is 0.292. The monoisotopic (exact) mass is 490 g/mol. The lowest BCUT2D eigenvalue weighted by Crippen LogP contribution is -2.69. The lowest BCUT2D eigenvalue weighted by atomic mass is 9.94. The number of imide groups is 1. The number of amides is 4. The molecule has 2 aromatic carbocycles. The summed E-state index contributed by atoms with van der Waals surface area (Å²) in [7, 11) is 1.58. The predicted octanol–water partition coefficient (Wildman–Crippen LogP) is 5.43. The summed E-state index contributed by atoms with van der Waals surface area (Å²) in [6.07, 6.45) is -0.550. The van der Waals surface area contributed by atoms with Crippen LogP contribution in [0, 0.1) is 0 Å². The largest absolute Gasteiger partial charge is 0.497 e. The Kier molecular flexibility index (Phi) is 7.37. The number of halogens is 3. The molecule has 7 nitrogen and oxygen atoms in total. The van der Waals surface area contributed by atoms with Crippen molar-refractivity contribution in [2.75, 3.05) is 19.0 Å². The molecule has 1 aliphatic heterocycles. The van der Waals surface area contributed by atoms with E-state index in [1.807, 2.05) is 24.3 Å². The molecule has 1 aliphatic carbocycles. The highest BCUT2D eigenvalue weighted by Crippen LogP contribution is 2.31. The van der Waals surface area contributed by atoms with Crippen LogP contribution in [0.15, 0.2) is 48.5 Å². The number of hydrogen-bond acceptors (Lipinski definition) is 4. The van der Waals surface area contributed by atoms with E-state index in [2.05, 4.69) is 10.6 Å². The number of carbonyl (C=O) groups excluding carboxylic acids is 2. The van der Waals surface area contributed by atoms with Gasteiger partial charge in [0, 0.05) is 18.3 Å². The van der Waals surface area contributed by atoms with Crippen molar-refractivity contribution in [3.8, 4) is 5.75 Å². The van der Waals surface area contributed by atoms with Crippen LogP contribution in [0.1, 0.15) is 43.2 Å². The Morgan fingerprint density at radius 1 is 1.06 bits per heavy atom. The Labute approximate surface area is 202 Å². The fourth-order valence-electron chi connectivity index (χ4n) is 4.59. The minimum absolute atomic E-state index is 0.151. The molecule has 2 aliphatic rings. The quantitative estimate of drug-likeness (QED) is 0.543. The van der Waals surface area contributed by atoms with Crippen LogP contribution >= 0.6 is 0 Å². The van der Waals surface area contributed by atoms with Crippen molar-refractivity contribution in [2.45, 2.75) is 57.0 Å². The van der Waals surface area contributed by atoms with Crippen molar-refractivity contribution in [3.63, 3.8) is 0 Å². The summed E-state index contributed by atoms with van der Waals surface area (Å²) < 4.78 is 44.7. The fourth-order valence-corrected chi connectivity index (χ4v) is 4.59. The zero-order chi connectivity index (χ0) is 25.0. The van der Waals surface area contributed by atoms with Gasteiger partial charge in [-0.2, -0.15) is 13.2 Å². The van der Waals surface area contributed by atoms with E-state index < -0.39 is 30.1 Å². The Hall–Kier alpha value is -3.43. The maximum atomic E-state index is 13.5. The van der Waals surface area contributed by atoms with Crippen LogP contribution < -0.4 is 15.4 Å². The van der Waals surface area contributed by atoms with Gasteiger partial charge < -0.3 is 10.1 Å². The van der Waals surface area contributed by atoms with Gasteiger partial charge in [-0.15, -0.1) is 0 Å². The molecule has 2 fully saturated rings. The van der Waals surface area contributed by atoms with Crippen LogP contribution in [0.4, 0.5) is 28.4 Å². The number of methoxy groups -OCH3 is 1. The number of alkyl halides is 3. The summed E-state index contributed by atoms with van der Waals surface area (Å²) in [5, 5.41) is 5.69. The topological polar surface area (TPSA) is 73.9 Å². The van der Waals surface area contributed by atoms with Crippen LogP contribution in [0.3, 0.4) is 0 Å². The average molecular weight is 491 g/mol. The molecule has 10 heteroatoms. The molecule has 1 heterocycles. The second kappa shape index (κ2) is 10.5. The Morgan fingerprint density at radius 2 is 1.77 bits per heavy atom. The summed E-state index contributed by atoms with van der Waals surface area (Å²) in [6.45, 7) is 0.255. The molecule has 35 heavy (non-hydrogen) atoms. The number of benzene rings is 2. The van der Waals surface area contributed by atoms with E-state index in [4.69, 9.17) is 4.74 Å². The first-order valence-corrected chi connectivity index (χ1v) is 11.7. The average Bonchev–Trinajstić information content (AvgIpc) is 2.84. The van der Waals surface area contributed by atoms with Crippen LogP contribution in [-0.4, -0.2) is 47.8 Å². The number of nitrogens with zero attached hydrogens (tertiary/aromatic N) is 2. The molecule has 4 rings (SSSR count). The van der Waals surface area contributed by atoms with E-state index in [1.165, 1.54) is 21.9 Å². The Morgan fingerprint density at radius 3 is 2.43 bits per heavy atom. The molecule has 1 saturated heterocycles. The number of hydrogen-bond donors (Lipinski definition) is 2. The molecular formula is C25H29F3N4O3. The summed E-state index contributed by atoms with van der Waals surface area (Å²) in [6, 6.07) is 11.0. The predicted molar refractivity (Wildman–Crippen MR) is 125 cm³/mol. The first-order chi connectivity index (χ1) is 16.8. The minimum Gasteiger partial charge on any atom is -0.497 e. The van der Waals surface area contributed by atoms with Crippen molar-refractivity contribution in [1.29, 1.82) is 0 Å². The fraction of sp³-hybridized carbons (Fsp3) is 0.440. The molecule has 4 amide bonds. The highest BCUT2D eigenvalue weighted by Gasteiger charge is 2.42. The summed E-state index contributed by atoms with van der Waals surface area (Å²) in [4.78, 5) is 29.2. The molecule has 2 N–H and O–H groups in total. The Balaban J connectivity index is 1.56. The lowest BCUT2D eigenvalue weighted by molar-refractivity contribution is -0.137. The third kappa shape index (κ3) is 5.80. The van der Waals surface area contributed by atoms with Gasteiger partial charge in [0.1, 0.15) is 5.75 Å². The lowest BCUT2D eigenvalue weighted by Gasteiger charge is -2.44. The van der Waals surface area contributed by atoms with Gasteiger partial charge in [-0.1, -0.05) is 37.5 Å². The van der Waals surface area contributed by atoms with Crippen molar-refractivity contribution in [2.24, 2.45) is 0 Å². The van der Waals surface area contributed by atoms with Crippen LogP contribution in [0.25, 0.3) is 0 Å². The van der Waals surface area contributed by atoms with E-state index in [-0.39, 0.29) is 18.3 Å². The van der Waals surface area contributed by atoms with Crippen molar-refractivity contribution in [1.82, 2.24) is 15.1 Å². The first-order valence-electron chi connectivity index (χ1n) is 11.7. The molecule has 0 spiro atoms. The van der Waals surface area contributed by atoms with Gasteiger partial charge in [0.15, 0.2) is 6.29 Å². The van der Waals surface area contributed by atoms with Crippen LogP contribution in [-0.2, 0) is 12.6 Å². The van der Waals surface area contributed by atoms with Crippen molar-refractivity contribution < 1.29 is 27.5 Å². The van der Waals surface area contributed by atoms with Crippen LogP contribution in [0.5, 0.6) is 5.75 Å². The molecule has 0 aromatic heterocycles. The maximum absolute atomic E-state index is 13.5. The second-order valence-corrected chi connectivity index (χ2v) is 8.81. The van der Waals surface area contributed by atoms with E-state index in [1.54, 1.807) is 7.11 Å². The number of anilines is 1. The number of rotatable bonds is 7. The minimum atomic E-state index is -4.50. The summed E-state index contributed by atoms with van der Waals surface area (Å²) >= 11 is 0. The van der Waals surface area contributed by atoms with Crippen molar-refractivity contribution >= 4 is 17.7 Å². The SMILES string of the molecule is COc1ccc(CCN2C(=O)N(C3CCCCC3)C(=O)NC2Nc2cccc(C(F)(F)F)c2)cc1. The van der Waals surface area contributed by atoms with Gasteiger partial charge >= 0.3 is 18.2 Å². The molecule has 1 saturated carbocycles. The van der Waals surface area contributed by atoms with E-state index in [0.29, 0.717) is 12.2 Å². The Bertz CT molecular complexity index is 1040. The first kappa shape index (κ1) is 24.7. The van der Waals surface area contributed by atoms with Gasteiger partial charge in [0.05, 0.1) is 12.7 Å². The zero-order valence-corrected chi connectivity index (χ0v) is 19.5. The number of nitrogens with one attached hydrogen (secondary N) is 2. The molecule has 1 unspecified atom stereocenters. The standard InChI is InChI=1S/C25H29F3N4O3/c1-35-21-12-10-17(11-13-21)14-15-31-22(29-19-7-5-6-18(16-19)25(26,27)28)30-23(33)32(24(31)34)20-8-3-2-4-9-20/h5-7,10-13,16,20,22,29H,2-4,8-9,14-15H2,1H3,(H,30,33). The molecule has 2 aromatic rings. The third-order valence-electron chi connectivity index (χ3n) is 6.48.